The van der Waals surface area contributed by atoms with Gasteiger partial charge in [-0.25, -0.2) is 0 Å². The van der Waals surface area contributed by atoms with Crippen LogP contribution >= 0.6 is 0 Å². The molecule has 0 spiro atoms. The molecule has 1 aliphatic rings. The topological polar surface area (TPSA) is 60.2 Å². The molecule has 1 heterocycles. The molecule has 5 heteroatoms. The van der Waals surface area contributed by atoms with Crippen molar-refractivity contribution < 1.29 is 14.4 Å². The third-order valence-corrected chi connectivity index (χ3v) is 2.37. The summed E-state index contributed by atoms with van der Waals surface area (Å²) < 4.78 is 5.05. The minimum Gasteiger partial charge on any atom is -0.462 e. The van der Waals surface area contributed by atoms with Crippen molar-refractivity contribution in [3.8, 4) is 0 Å². The summed E-state index contributed by atoms with van der Waals surface area (Å²) >= 11 is 0. The zero-order chi connectivity index (χ0) is 12.0. The zero-order valence-corrected chi connectivity index (χ0v) is 10.0. The molecule has 1 rings (SSSR count). The van der Waals surface area contributed by atoms with Gasteiger partial charge in [-0.05, 0) is 13.3 Å². The van der Waals surface area contributed by atoms with Gasteiger partial charge in [-0.3, -0.25) is 9.79 Å². The number of rotatable bonds is 5. The Balaban J connectivity index is 2.27. The molecule has 0 amide bonds. The molecule has 1 aliphatic heterocycles. The van der Waals surface area contributed by atoms with Gasteiger partial charge in [0.2, 0.25) is 0 Å². The molecule has 0 radical (unpaired) electrons. The Hall–Kier alpha value is -1.39. The van der Waals surface area contributed by atoms with Gasteiger partial charge in [-0.15, -0.1) is 0 Å². The summed E-state index contributed by atoms with van der Waals surface area (Å²) in [4.78, 5) is 20.3. The number of oxime groups is 1. The fourth-order valence-corrected chi connectivity index (χ4v) is 1.32. The summed E-state index contributed by atoms with van der Waals surface area (Å²) in [5.74, 6) is -0.180. The predicted octanol–water partition coefficient (Wildman–Crippen LogP) is 1.57. The molecule has 0 aromatic carbocycles. The molecule has 16 heavy (non-hydrogen) atoms. The first kappa shape index (κ1) is 12.7. The van der Waals surface area contributed by atoms with Crippen molar-refractivity contribution in [1.82, 2.24) is 0 Å². The molecule has 90 valence electrons. The quantitative estimate of drug-likeness (QED) is 0.528. The molecular formula is C11H18N2O3. The zero-order valence-electron chi connectivity index (χ0n) is 10.0. The van der Waals surface area contributed by atoms with Crippen molar-refractivity contribution in [2.45, 2.75) is 39.2 Å². The van der Waals surface area contributed by atoms with Crippen LogP contribution in [0.15, 0.2) is 10.1 Å². The second-order valence-electron chi connectivity index (χ2n) is 3.71. The van der Waals surface area contributed by atoms with E-state index in [-0.39, 0.29) is 18.7 Å². The number of esters is 1. The maximum absolute atomic E-state index is 11.1. The lowest BCUT2D eigenvalue weighted by Crippen LogP contribution is -2.20. The van der Waals surface area contributed by atoms with Gasteiger partial charge >= 0.3 is 5.97 Å². The van der Waals surface area contributed by atoms with Gasteiger partial charge in [0.15, 0.2) is 6.10 Å². The number of nitrogens with zero attached hydrogens (tertiary/aromatic N) is 2. The van der Waals surface area contributed by atoms with E-state index in [0.29, 0.717) is 12.8 Å². The van der Waals surface area contributed by atoms with E-state index in [1.807, 2.05) is 13.8 Å². The van der Waals surface area contributed by atoms with E-state index >= 15 is 0 Å². The fraction of sp³-hybridized carbons (Fsp3) is 0.727. The largest absolute Gasteiger partial charge is 0.462 e. The summed E-state index contributed by atoms with van der Waals surface area (Å²) in [5.41, 5.74) is 1.70. The summed E-state index contributed by atoms with van der Waals surface area (Å²) in [6.45, 7) is 4.09. The van der Waals surface area contributed by atoms with E-state index in [2.05, 4.69) is 10.1 Å². The van der Waals surface area contributed by atoms with Crippen LogP contribution in [0.2, 0.25) is 0 Å². The summed E-state index contributed by atoms with van der Waals surface area (Å²) in [6, 6.07) is 0. The van der Waals surface area contributed by atoms with E-state index in [1.54, 1.807) is 7.05 Å². The molecule has 0 bridgehead atoms. The number of hydrogen-bond acceptors (Lipinski definition) is 5. The van der Waals surface area contributed by atoms with Crippen LogP contribution in [0.4, 0.5) is 0 Å². The standard InChI is InChI=1S/C11H18N2O3/c1-4-5-11(14)15-7-9-6-10(13-16-9)8(2)12-3/h9H,4-7H2,1-3H3. The van der Waals surface area contributed by atoms with Crippen molar-refractivity contribution in [2.75, 3.05) is 13.7 Å². The minimum absolute atomic E-state index is 0.160. The van der Waals surface area contributed by atoms with Gasteiger partial charge < -0.3 is 9.57 Å². The van der Waals surface area contributed by atoms with Gasteiger partial charge in [-0.1, -0.05) is 12.1 Å². The first-order chi connectivity index (χ1) is 7.67. The van der Waals surface area contributed by atoms with Crippen LogP contribution < -0.4 is 0 Å². The molecule has 0 saturated heterocycles. The summed E-state index contributed by atoms with van der Waals surface area (Å²) in [7, 11) is 1.71. The first-order valence-electron chi connectivity index (χ1n) is 5.49. The van der Waals surface area contributed by atoms with Gasteiger partial charge in [-0.2, -0.15) is 0 Å². The SMILES string of the molecule is CCCC(=O)OCC1CC(C(C)=NC)=NO1. The van der Waals surface area contributed by atoms with Crippen molar-refractivity contribution in [3.05, 3.63) is 0 Å². The van der Waals surface area contributed by atoms with E-state index in [9.17, 15) is 4.79 Å². The molecule has 0 aromatic heterocycles. The monoisotopic (exact) mass is 226 g/mol. The van der Waals surface area contributed by atoms with Gasteiger partial charge in [0, 0.05) is 19.9 Å². The lowest BCUT2D eigenvalue weighted by atomic mass is 10.1. The number of aliphatic imine (C=N–C) groups is 1. The van der Waals surface area contributed by atoms with Crippen LogP contribution in [0.1, 0.15) is 33.1 Å². The van der Waals surface area contributed by atoms with E-state index < -0.39 is 0 Å². The van der Waals surface area contributed by atoms with E-state index in [0.717, 1.165) is 17.8 Å². The highest BCUT2D eigenvalue weighted by atomic mass is 16.7. The molecule has 0 N–H and O–H groups in total. The van der Waals surface area contributed by atoms with Gasteiger partial charge in [0.25, 0.3) is 0 Å². The highest BCUT2D eigenvalue weighted by molar-refractivity contribution is 6.41. The van der Waals surface area contributed by atoms with Crippen LogP contribution in [0.3, 0.4) is 0 Å². The molecule has 1 unspecified atom stereocenters. The lowest BCUT2D eigenvalue weighted by molar-refractivity contribution is -0.147. The Morgan fingerprint density at radius 2 is 2.44 bits per heavy atom. The molecular weight excluding hydrogens is 208 g/mol. The second-order valence-corrected chi connectivity index (χ2v) is 3.71. The average Bonchev–Trinajstić information content (AvgIpc) is 2.74. The van der Waals surface area contributed by atoms with Crippen molar-refractivity contribution in [1.29, 1.82) is 0 Å². The van der Waals surface area contributed by atoms with Crippen LogP contribution in [0.25, 0.3) is 0 Å². The first-order valence-corrected chi connectivity index (χ1v) is 5.49. The van der Waals surface area contributed by atoms with Crippen molar-refractivity contribution in [2.24, 2.45) is 10.1 Å². The molecule has 0 fully saturated rings. The maximum atomic E-state index is 11.1. The number of hydrogen-bond donors (Lipinski definition) is 0. The summed E-state index contributed by atoms with van der Waals surface area (Å²) in [5, 5.41) is 3.91. The predicted molar refractivity (Wildman–Crippen MR) is 61.8 cm³/mol. The van der Waals surface area contributed by atoms with Crippen LogP contribution in [0.5, 0.6) is 0 Å². The third kappa shape index (κ3) is 3.64. The fourth-order valence-electron chi connectivity index (χ4n) is 1.32. The number of carbonyl (C=O) groups excluding carboxylic acids is 1. The highest BCUT2D eigenvalue weighted by Gasteiger charge is 2.23. The van der Waals surface area contributed by atoms with Gasteiger partial charge in [0.05, 0.1) is 5.71 Å². The molecule has 0 aromatic rings. The maximum Gasteiger partial charge on any atom is 0.305 e. The Labute approximate surface area is 95.5 Å². The third-order valence-electron chi connectivity index (χ3n) is 2.37. The molecule has 5 nitrogen and oxygen atoms in total. The van der Waals surface area contributed by atoms with Crippen LogP contribution in [0, 0.1) is 0 Å². The summed E-state index contributed by atoms with van der Waals surface area (Å²) in [6.07, 6.45) is 1.75. The Bertz CT molecular complexity index is 310. The van der Waals surface area contributed by atoms with E-state index in [4.69, 9.17) is 9.57 Å². The Morgan fingerprint density at radius 1 is 1.69 bits per heavy atom. The molecule has 1 atom stereocenters. The van der Waals surface area contributed by atoms with E-state index in [1.165, 1.54) is 0 Å². The smallest absolute Gasteiger partial charge is 0.305 e. The Kier molecular flexibility index (Phi) is 4.95. The average molecular weight is 226 g/mol. The lowest BCUT2D eigenvalue weighted by Gasteiger charge is -2.08. The van der Waals surface area contributed by atoms with Crippen LogP contribution in [-0.4, -0.2) is 37.2 Å². The molecule has 0 saturated carbocycles. The molecule has 0 aliphatic carbocycles. The minimum atomic E-state index is -0.180. The van der Waals surface area contributed by atoms with Gasteiger partial charge in [0.1, 0.15) is 12.3 Å². The van der Waals surface area contributed by atoms with Crippen molar-refractivity contribution >= 4 is 17.4 Å². The normalized spacial score (nSPS) is 20.3. The number of carbonyl (C=O) groups is 1. The van der Waals surface area contributed by atoms with Crippen LogP contribution in [-0.2, 0) is 14.4 Å². The number of ether oxygens (including phenoxy) is 1. The van der Waals surface area contributed by atoms with Crippen molar-refractivity contribution in [3.63, 3.8) is 0 Å². The highest BCUT2D eigenvalue weighted by Crippen LogP contribution is 2.12. The Morgan fingerprint density at radius 3 is 3.06 bits per heavy atom. The second kappa shape index (κ2) is 6.25.